The van der Waals surface area contributed by atoms with Gasteiger partial charge in [0.15, 0.2) is 0 Å². The van der Waals surface area contributed by atoms with E-state index in [0.717, 1.165) is 13.8 Å². The molecule has 0 aromatic carbocycles. The summed E-state index contributed by atoms with van der Waals surface area (Å²) < 4.78 is 57.2. The van der Waals surface area contributed by atoms with Crippen molar-refractivity contribution in [2.75, 3.05) is 0 Å². The summed E-state index contributed by atoms with van der Waals surface area (Å²) in [4.78, 5) is 0. The summed E-state index contributed by atoms with van der Waals surface area (Å²) in [7, 11) is -8.87. The van der Waals surface area contributed by atoms with Gasteiger partial charge in [-0.3, -0.25) is 0 Å². The van der Waals surface area contributed by atoms with Crippen LogP contribution >= 0.6 is 0 Å². The third-order valence-electron chi connectivity index (χ3n) is 0.836. The molecule has 0 saturated carbocycles. The SMILES string of the molecule is CC(O)S(=O)(=O)[O-].CC(O)S(=O)(=O)[O-].[Ni+2]. The first-order chi connectivity index (χ1) is 5.89. The summed E-state index contributed by atoms with van der Waals surface area (Å²) >= 11 is 0. The Morgan fingerprint density at radius 1 is 0.867 bits per heavy atom. The second-order valence-corrected chi connectivity index (χ2v) is 5.52. The molecule has 0 aliphatic carbocycles. The molecule has 0 radical (unpaired) electrons. The molecule has 0 aliphatic heterocycles. The third kappa shape index (κ3) is 14.2. The number of rotatable bonds is 2. The fraction of sp³-hybridized carbons (Fsp3) is 1.00. The molecule has 2 unspecified atom stereocenters. The second kappa shape index (κ2) is 7.50. The van der Waals surface area contributed by atoms with Crippen molar-refractivity contribution in [1.82, 2.24) is 0 Å². The van der Waals surface area contributed by atoms with E-state index in [4.69, 9.17) is 10.2 Å². The van der Waals surface area contributed by atoms with Gasteiger partial charge in [0.2, 0.25) is 0 Å². The normalized spacial score (nSPS) is 15.3. The largest absolute Gasteiger partial charge is 2.00 e. The van der Waals surface area contributed by atoms with Gasteiger partial charge >= 0.3 is 16.5 Å². The van der Waals surface area contributed by atoms with Crippen molar-refractivity contribution in [1.29, 1.82) is 0 Å². The van der Waals surface area contributed by atoms with Gasteiger partial charge in [0.05, 0.1) is 0 Å². The molecule has 0 heterocycles. The Labute approximate surface area is 97.7 Å². The van der Waals surface area contributed by atoms with Crippen LogP contribution in [0.3, 0.4) is 0 Å². The number of aliphatic hydroxyl groups is 2. The van der Waals surface area contributed by atoms with Crippen LogP contribution in [0, 0.1) is 0 Å². The fourth-order valence-electron chi connectivity index (χ4n) is 0. The van der Waals surface area contributed by atoms with Crippen molar-refractivity contribution >= 4 is 20.2 Å². The molecule has 0 bridgehead atoms. The summed E-state index contributed by atoms with van der Waals surface area (Å²) in [5, 5.41) is 16.0. The molecule has 0 fully saturated rings. The molecule has 96 valence electrons. The van der Waals surface area contributed by atoms with Gasteiger partial charge in [-0.2, -0.15) is 0 Å². The van der Waals surface area contributed by atoms with Crippen LogP contribution in [-0.2, 0) is 36.7 Å². The van der Waals surface area contributed by atoms with Crippen LogP contribution in [-0.4, -0.2) is 47.0 Å². The van der Waals surface area contributed by atoms with Crippen LogP contribution in [0.4, 0.5) is 0 Å². The van der Waals surface area contributed by atoms with Gasteiger partial charge in [0, 0.05) is 0 Å². The Bertz CT molecular complexity index is 305. The van der Waals surface area contributed by atoms with Crippen LogP contribution in [0.1, 0.15) is 13.8 Å². The molecule has 2 atom stereocenters. The van der Waals surface area contributed by atoms with Crippen LogP contribution in [0.5, 0.6) is 0 Å². The zero-order valence-electron chi connectivity index (χ0n) is 7.63. The maximum atomic E-state index is 9.53. The van der Waals surface area contributed by atoms with Gasteiger partial charge in [-0.15, -0.1) is 0 Å². The van der Waals surface area contributed by atoms with Crippen molar-refractivity contribution in [3.05, 3.63) is 0 Å². The van der Waals surface area contributed by atoms with Gasteiger partial charge in [-0.25, -0.2) is 16.8 Å². The van der Waals surface area contributed by atoms with Crippen molar-refractivity contribution < 1.29 is 52.6 Å². The van der Waals surface area contributed by atoms with Gasteiger partial charge in [-0.05, 0) is 13.8 Å². The first-order valence-corrected chi connectivity index (χ1v) is 6.09. The molecule has 0 aromatic rings. The molecular weight excluding hydrogens is 299 g/mol. The van der Waals surface area contributed by atoms with E-state index < -0.39 is 31.1 Å². The zero-order chi connectivity index (χ0) is 12.2. The molecular formula is C4H10NiO8S2. The van der Waals surface area contributed by atoms with E-state index in [9.17, 15) is 25.9 Å². The molecule has 0 amide bonds. The van der Waals surface area contributed by atoms with E-state index >= 15 is 0 Å². The average molecular weight is 309 g/mol. The minimum Gasteiger partial charge on any atom is -0.746 e. The third-order valence-corrected chi connectivity index (χ3v) is 2.51. The van der Waals surface area contributed by atoms with Gasteiger partial charge in [0.25, 0.3) is 0 Å². The first-order valence-electron chi connectivity index (χ1n) is 3.14. The van der Waals surface area contributed by atoms with Crippen molar-refractivity contribution in [3.8, 4) is 0 Å². The molecule has 8 nitrogen and oxygen atoms in total. The topological polar surface area (TPSA) is 155 Å². The molecule has 0 saturated heterocycles. The average Bonchev–Trinajstić information content (AvgIpc) is 1.83. The van der Waals surface area contributed by atoms with Crippen molar-refractivity contribution in [3.63, 3.8) is 0 Å². The number of hydrogen-bond donors (Lipinski definition) is 2. The van der Waals surface area contributed by atoms with E-state index in [2.05, 4.69) is 0 Å². The fourth-order valence-corrected chi connectivity index (χ4v) is 0. The summed E-state index contributed by atoms with van der Waals surface area (Å²) in [6.07, 6.45) is 0. The maximum Gasteiger partial charge on any atom is 2.00 e. The van der Waals surface area contributed by atoms with Crippen molar-refractivity contribution in [2.45, 2.75) is 24.7 Å². The number of hydrogen-bond acceptors (Lipinski definition) is 8. The summed E-state index contributed by atoms with van der Waals surface area (Å²) in [6.45, 7) is 1.81. The van der Waals surface area contributed by atoms with E-state index in [0.29, 0.717) is 0 Å². The molecule has 15 heavy (non-hydrogen) atoms. The summed E-state index contributed by atoms with van der Waals surface area (Å²) in [6, 6.07) is 0. The van der Waals surface area contributed by atoms with Crippen LogP contribution in [0.2, 0.25) is 0 Å². The first kappa shape index (κ1) is 20.6. The Kier molecular flexibility index (Phi) is 10.3. The smallest absolute Gasteiger partial charge is 0.746 e. The molecule has 11 heteroatoms. The Morgan fingerprint density at radius 3 is 0.933 bits per heavy atom. The monoisotopic (exact) mass is 308 g/mol. The van der Waals surface area contributed by atoms with E-state index in [-0.39, 0.29) is 16.5 Å². The maximum absolute atomic E-state index is 9.53. The summed E-state index contributed by atoms with van der Waals surface area (Å²) in [5.41, 5.74) is -3.57. The predicted molar refractivity (Wildman–Crippen MR) is 42.8 cm³/mol. The zero-order valence-corrected chi connectivity index (χ0v) is 10.3. The predicted octanol–water partition coefficient (Wildman–Crippen LogP) is -2.26. The Hall–Kier alpha value is 0.234. The molecule has 0 aliphatic rings. The minimum absolute atomic E-state index is 0. The summed E-state index contributed by atoms with van der Waals surface area (Å²) in [5.74, 6) is 0. The van der Waals surface area contributed by atoms with E-state index in [1.165, 1.54) is 0 Å². The molecule has 0 aromatic heterocycles. The standard InChI is InChI=1S/2C2H6O4S.Ni/c2*1-2(3)7(4,5)6;/h2*2-3H,1H3,(H,4,5,6);/q;;+2/p-2. The molecule has 0 rings (SSSR count). The Balaban J connectivity index is -0.000000180. The van der Waals surface area contributed by atoms with E-state index in [1.807, 2.05) is 0 Å². The van der Waals surface area contributed by atoms with Gasteiger partial charge in [-0.1, -0.05) is 0 Å². The van der Waals surface area contributed by atoms with Crippen LogP contribution < -0.4 is 0 Å². The van der Waals surface area contributed by atoms with Crippen molar-refractivity contribution in [2.24, 2.45) is 0 Å². The quantitative estimate of drug-likeness (QED) is 0.427. The molecule has 0 spiro atoms. The van der Waals surface area contributed by atoms with Gasteiger partial charge < -0.3 is 19.3 Å². The van der Waals surface area contributed by atoms with Crippen LogP contribution in [0.25, 0.3) is 0 Å². The van der Waals surface area contributed by atoms with Crippen LogP contribution in [0.15, 0.2) is 0 Å². The second-order valence-electron chi connectivity index (χ2n) is 2.18. The minimum atomic E-state index is -4.44. The molecule has 2 N–H and O–H groups in total. The van der Waals surface area contributed by atoms with E-state index in [1.54, 1.807) is 0 Å². The van der Waals surface area contributed by atoms with Gasteiger partial charge in [0.1, 0.15) is 31.1 Å². The number of aliphatic hydroxyl groups excluding tert-OH is 2. The Morgan fingerprint density at radius 2 is 0.933 bits per heavy atom.